The van der Waals surface area contributed by atoms with Gasteiger partial charge < -0.3 is 0 Å². The molecule has 0 unspecified atom stereocenters. The van der Waals surface area contributed by atoms with Crippen LogP contribution in [-0.2, 0) is 0 Å². The van der Waals surface area contributed by atoms with Crippen LogP contribution in [-0.4, -0.2) is 9.97 Å². The van der Waals surface area contributed by atoms with Crippen molar-refractivity contribution < 1.29 is 0 Å². The Balaban J connectivity index is 2.37. The second-order valence-electron chi connectivity index (χ2n) is 4.77. The van der Waals surface area contributed by atoms with E-state index in [-0.39, 0.29) is 0 Å². The Bertz CT molecular complexity index is 589. The maximum atomic E-state index is 6.26. The summed E-state index contributed by atoms with van der Waals surface area (Å²) in [5.41, 5.74) is 2.73. The summed E-state index contributed by atoms with van der Waals surface area (Å²) >= 11 is 6.26. The quantitative estimate of drug-likeness (QED) is 0.807. The van der Waals surface area contributed by atoms with Gasteiger partial charge in [-0.2, -0.15) is 0 Å². The number of aromatic nitrogens is 2. The fraction of sp³-hybridized carbons (Fsp3) is 0.250. The molecule has 0 atom stereocenters. The van der Waals surface area contributed by atoms with Gasteiger partial charge in [0.1, 0.15) is 5.82 Å². The first-order chi connectivity index (χ1) is 9.08. The third kappa shape index (κ3) is 3.42. The summed E-state index contributed by atoms with van der Waals surface area (Å²) in [5.74, 6) is 1.12. The van der Waals surface area contributed by atoms with Crippen LogP contribution >= 0.6 is 11.6 Å². The SMILES string of the molecule is Cc1nc(C(C)C)nc(C=Cc2ccccc2)c1Cl. The van der Waals surface area contributed by atoms with Gasteiger partial charge in [-0.05, 0) is 18.6 Å². The minimum Gasteiger partial charge on any atom is -0.236 e. The van der Waals surface area contributed by atoms with Gasteiger partial charge in [-0.3, -0.25) is 0 Å². The van der Waals surface area contributed by atoms with E-state index < -0.39 is 0 Å². The Morgan fingerprint density at radius 2 is 1.74 bits per heavy atom. The van der Waals surface area contributed by atoms with Crippen molar-refractivity contribution in [2.45, 2.75) is 26.7 Å². The standard InChI is InChI=1S/C16H17ClN2/c1-11(2)16-18-12(3)15(17)14(19-16)10-9-13-7-5-4-6-8-13/h4-11H,1-3H3. The number of nitrogens with zero attached hydrogens (tertiary/aromatic N) is 2. The van der Waals surface area contributed by atoms with Crippen molar-refractivity contribution in [1.29, 1.82) is 0 Å². The molecule has 2 aromatic rings. The summed E-state index contributed by atoms with van der Waals surface area (Å²) in [7, 11) is 0. The van der Waals surface area contributed by atoms with E-state index in [2.05, 4.69) is 23.8 Å². The van der Waals surface area contributed by atoms with Crippen LogP contribution in [0.5, 0.6) is 0 Å². The molecule has 0 aliphatic carbocycles. The molecule has 1 aromatic carbocycles. The van der Waals surface area contributed by atoms with Crippen LogP contribution in [0.3, 0.4) is 0 Å². The lowest BCUT2D eigenvalue weighted by Crippen LogP contribution is -2.02. The molecule has 0 spiro atoms. The first-order valence-corrected chi connectivity index (χ1v) is 6.73. The zero-order chi connectivity index (χ0) is 13.8. The first-order valence-electron chi connectivity index (χ1n) is 6.35. The molecule has 0 saturated carbocycles. The van der Waals surface area contributed by atoms with Gasteiger partial charge >= 0.3 is 0 Å². The fourth-order valence-corrected chi connectivity index (χ4v) is 1.86. The van der Waals surface area contributed by atoms with E-state index in [4.69, 9.17) is 11.6 Å². The number of hydrogen-bond donors (Lipinski definition) is 0. The molecule has 0 bridgehead atoms. The molecule has 2 rings (SSSR count). The molecule has 0 aliphatic rings. The molecule has 0 amide bonds. The number of halogens is 1. The van der Waals surface area contributed by atoms with Crippen molar-refractivity contribution in [3.8, 4) is 0 Å². The van der Waals surface area contributed by atoms with Crippen LogP contribution in [0.25, 0.3) is 12.2 Å². The van der Waals surface area contributed by atoms with Gasteiger partial charge in [0.25, 0.3) is 0 Å². The number of rotatable bonds is 3. The third-order valence-electron chi connectivity index (χ3n) is 2.81. The monoisotopic (exact) mass is 272 g/mol. The largest absolute Gasteiger partial charge is 0.236 e. The van der Waals surface area contributed by atoms with Gasteiger partial charge in [-0.25, -0.2) is 9.97 Å². The van der Waals surface area contributed by atoms with Crippen LogP contribution in [0.15, 0.2) is 30.3 Å². The number of hydrogen-bond acceptors (Lipinski definition) is 2. The van der Waals surface area contributed by atoms with Crippen LogP contribution < -0.4 is 0 Å². The lowest BCUT2D eigenvalue weighted by atomic mass is 10.1. The topological polar surface area (TPSA) is 25.8 Å². The van der Waals surface area contributed by atoms with Gasteiger partial charge in [0.05, 0.1) is 16.4 Å². The molecule has 0 fully saturated rings. The van der Waals surface area contributed by atoms with Gasteiger partial charge in [0.15, 0.2) is 0 Å². The van der Waals surface area contributed by atoms with E-state index in [0.717, 1.165) is 22.8 Å². The molecule has 1 aromatic heterocycles. The molecular formula is C16H17ClN2. The zero-order valence-electron chi connectivity index (χ0n) is 11.4. The summed E-state index contributed by atoms with van der Waals surface area (Å²) in [5, 5.41) is 0.622. The molecule has 0 aliphatic heterocycles. The molecule has 2 nitrogen and oxygen atoms in total. The summed E-state index contributed by atoms with van der Waals surface area (Å²) in [6.07, 6.45) is 3.95. The zero-order valence-corrected chi connectivity index (χ0v) is 12.1. The van der Waals surface area contributed by atoms with Gasteiger partial charge in [-0.15, -0.1) is 0 Å². The predicted octanol–water partition coefficient (Wildman–Crippen LogP) is 4.73. The van der Waals surface area contributed by atoms with E-state index in [1.165, 1.54) is 0 Å². The molecule has 3 heteroatoms. The molecule has 1 heterocycles. The van der Waals surface area contributed by atoms with Crippen molar-refractivity contribution >= 4 is 23.8 Å². The number of aryl methyl sites for hydroxylation is 1. The Hall–Kier alpha value is -1.67. The second-order valence-corrected chi connectivity index (χ2v) is 5.14. The van der Waals surface area contributed by atoms with Gasteiger partial charge in [0, 0.05) is 5.92 Å². The van der Waals surface area contributed by atoms with Crippen molar-refractivity contribution in [1.82, 2.24) is 9.97 Å². The smallest absolute Gasteiger partial charge is 0.131 e. The minimum absolute atomic E-state index is 0.292. The molecule has 0 N–H and O–H groups in total. The van der Waals surface area contributed by atoms with Gasteiger partial charge in [-0.1, -0.05) is 61.9 Å². The average molecular weight is 273 g/mol. The molecule has 19 heavy (non-hydrogen) atoms. The van der Waals surface area contributed by atoms with E-state index in [1.54, 1.807) is 0 Å². The van der Waals surface area contributed by atoms with Crippen molar-refractivity contribution in [2.24, 2.45) is 0 Å². The fourth-order valence-electron chi connectivity index (χ4n) is 1.71. The Morgan fingerprint density at radius 3 is 2.37 bits per heavy atom. The van der Waals surface area contributed by atoms with Crippen molar-refractivity contribution in [2.75, 3.05) is 0 Å². The summed E-state index contributed by atoms with van der Waals surface area (Å²) in [6.45, 7) is 6.07. The van der Waals surface area contributed by atoms with E-state index in [9.17, 15) is 0 Å². The highest BCUT2D eigenvalue weighted by Gasteiger charge is 2.09. The average Bonchev–Trinajstić information content (AvgIpc) is 2.41. The summed E-state index contributed by atoms with van der Waals surface area (Å²) in [4.78, 5) is 8.93. The van der Waals surface area contributed by atoms with Crippen LogP contribution in [0.2, 0.25) is 5.02 Å². The summed E-state index contributed by atoms with van der Waals surface area (Å²) in [6, 6.07) is 10.1. The van der Waals surface area contributed by atoms with E-state index in [1.807, 2.05) is 49.4 Å². The number of benzene rings is 1. The Kier molecular flexibility index (Phi) is 4.33. The molecule has 98 valence electrons. The highest BCUT2D eigenvalue weighted by Crippen LogP contribution is 2.22. The van der Waals surface area contributed by atoms with Crippen LogP contribution in [0.4, 0.5) is 0 Å². The first kappa shape index (κ1) is 13.8. The second kappa shape index (κ2) is 5.98. The lowest BCUT2D eigenvalue weighted by molar-refractivity contribution is 0.764. The van der Waals surface area contributed by atoms with Crippen molar-refractivity contribution in [3.05, 3.63) is 58.1 Å². The van der Waals surface area contributed by atoms with E-state index >= 15 is 0 Å². The maximum absolute atomic E-state index is 6.26. The Morgan fingerprint density at radius 1 is 1.05 bits per heavy atom. The predicted molar refractivity (Wildman–Crippen MR) is 81.2 cm³/mol. The molecule has 0 saturated heterocycles. The van der Waals surface area contributed by atoms with Crippen LogP contribution in [0.1, 0.15) is 42.5 Å². The Labute approximate surface area is 119 Å². The van der Waals surface area contributed by atoms with Crippen molar-refractivity contribution in [3.63, 3.8) is 0 Å². The lowest BCUT2D eigenvalue weighted by Gasteiger charge is -2.08. The highest BCUT2D eigenvalue weighted by atomic mass is 35.5. The molecular weight excluding hydrogens is 256 g/mol. The maximum Gasteiger partial charge on any atom is 0.131 e. The normalized spacial score (nSPS) is 11.4. The van der Waals surface area contributed by atoms with Gasteiger partial charge in [0.2, 0.25) is 0 Å². The van der Waals surface area contributed by atoms with E-state index in [0.29, 0.717) is 10.9 Å². The highest BCUT2D eigenvalue weighted by molar-refractivity contribution is 6.32. The summed E-state index contributed by atoms with van der Waals surface area (Å²) < 4.78 is 0. The third-order valence-corrected chi connectivity index (χ3v) is 3.28. The molecule has 0 radical (unpaired) electrons. The van der Waals surface area contributed by atoms with Crippen LogP contribution in [0, 0.1) is 6.92 Å². The minimum atomic E-state index is 0.292.